The summed E-state index contributed by atoms with van der Waals surface area (Å²) < 4.78 is 0. The van der Waals surface area contributed by atoms with Gasteiger partial charge in [0, 0.05) is 30.6 Å². The van der Waals surface area contributed by atoms with Crippen molar-refractivity contribution >= 4 is 46.1 Å². The summed E-state index contributed by atoms with van der Waals surface area (Å²) in [5.74, 6) is 0. The lowest BCUT2D eigenvalue weighted by Crippen LogP contribution is -2.21. The first-order valence-corrected chi connectivity index (χ1v) is 7.86. The Morgan fingerprint density at radius 2 is 2.05 bits per heavy atom. The maximum Gasteiger partial charge on any atom is 0.0937 e. The smallest absolute Gasteiger partial charge is 0.0937 e. The van der Waals surface area contributed by atoms with Crippen LogP contribution < -0.4 is 5.32 Å². The molecule has 0 saturated carbocycles. The lowest BCUT2D eigenvalue weighted by molar-refractivity contribution is 0.576. The quantitative estimate of drug-likeness (QED) is 0.778. The van der Waals surface area contributed by atoms with Gasteiger partial charge in [0.15, 0.2) is 0 Å². The fourth-order valence-electron chi connectivity index (χ4n) is 1.76. The van der Waals surface area contributed by atoms with Crippen molar-refractivity contribution in [3.63, 3.8) is 0 Å². The number of rotatable bonds is 5. The number of hydrogen-bond acceptors (Lipinski definition) is 3. The monoisotopic (exact) mass is 334 g/mol. The average Bonchev–Trinajstić information content (AvgIpc) is 2.89. The number of thiazole rings is 1. The van der Waals surface area contributed by atoms with Gasteiger partial charge in [-0.3, -0.25) is 0 Å². The Bertz CT molecular complexity index is 543. The van der Waals surface area contributed by atoms with Crippen LogP contribution in [0.5, 0.6) is 0 Å². The van der Waals surface area contributed by atoms with Crippen molar-refractivity contribution < 1.29 is 0 Å². The summed E-state index contributed by atoms with van der Waals surface area (Å²) in [7, 11) is 0. The van der Waals surface area contributed by atoms with Crippen LogP contribution in [0, 0.1) is 0 Å². The minimum Gasteiger partial charge on any atom is -0.310 e. The van der Waals surface area contributed by atoms with Crippen molar-refractivity contribution in [3.8, 4) is 0 Å². The molecule has 1 atom stereocenters. The molecule has 0 aliphatic carbocycles. The molecule has 1 heterocycles. The van der Waals surface area contributed by atoms with E-state index in [0.717, 1.165) is 23.5 Å². The van der Waals surface area contributed by atoms with Crippen LogP contribution in [-0.2, 0) is 6.42 Å². The van der Waals surface area contributed by atoms with Gasteiger partial charge < -0.3 is 5.32 Å². The van der Waals surface area contributed by atoms with Crippen molar-refractivity contribution in [2.45, 2.75) is 19.4 Å². The predicted molar refractivity (Wildman–Crippen MR) is 83.7 cm³/mol. The van der Waals surface area contributed by atoms with Gasteiger partial charge in [0.2, 0.25) is 0 Å². The second kappa shape index (κ2) is 6.91. The first-order chi connectivity index (χ1) is 9.09. The number of halogens is 3. The van der Waals surface area contributed by atoms with E-state index in [2.05, 4.69) is 10.3 Å². The maximum atomic E-state index is 6.21. The normalized spacial score (nSPS) is 12.6. The van der Waals surface area contributed by atoms with Gasteiger partial charge in [0.05, 0.1) is 20.1 Å². The Morgan fingerprint density at radius 3 is 2.74 bits per heavy atom. The second-order valence-electron chi connectivity index (χ2n) is 4.12. The van der Waals surface area contributed by atoms with Gasteiger partial charge in [-0.15, -0.1) is 11.3 Å². The van der Waals surface area contributed by atoms with Crippen LogP contribution in [0.25, 0.3) is 0 Å². The van der Waals surface area contributed by atoms with Gasteiger partial charge in [-0.05, 0) is 18.6 Å². The molecule has 0 amide bonds. The third kappa shape index (κ3) is 3.83. The molecule has 1 N–H and O–H groups in total. The summed E-state index contributed by atoms with van der Waals surface area (Å²) in [6, 6.07) is 3.78. The fraction of sp³-hybridized carbons (Fsp3) is 0.308. The molecule has 6 heteroatoms. The number of benzene rings is 1. The van der Waals surface area contributed by atoms with E-state index < -0.39 is 0 Å². The van der Waals surface area contributed by atoms with E-state index in [4.69, 9.17) is 34.8 Å². The zero-order chi connectivity index (χ0) is 13.8. The average molecular weight is 336 g/mol. The predicted octanol–water partition coefficient (Wildman–Crippen LogP) is 5.00. The van der Waals surface area contributed by atoms with Crippen LogP contribution in [0.4, 0.5) is 0 Å². The first kappa shape index (κ1) is 15.1. The molecule has 19 heavy (non-hydrogen) atoms. The molecule has 0 spiro atoms. The molecule has 2 rings (SSSR count). The fourth-order valence-corrected chi connectivity index (χ4v) is 3.08. The molecule has 0 fully saturated rings. The van der Waals surface area contributed by atoms with E-state index in [-0.39, 0.29) is 6.04 Å². The molecule has 0 aliphatic rings. The summed E-state index contributed by atoms with van der Waals surface area (Å²) in [4.78, 5) is 4.24. The van der Waals surface area contributed by atoms with Gasteiger partial charge in [-0.25, -0.2) is 4.98 Å². The third-order valence-corrected chi connectivity index (χ3v) is 4.95. The molecule has 1 aromatic heterocycles. The summed E-state index contributed by atoms with van der Waals surface area (Å²) in [5.41, 5.74) is 0.954. The molecule has 1 unspecified atom stereocenters. The summed E-state index contributed by atoms with van der Waals surface area (Å²) in [6.45, 7) is 2.89. The van der Waals surface area contributed by atoms with Gasteiger partial charge in [-0.1, -0.05) is 40.9 Å². The molecule has 0 radical (unpaired) electrons. The lowest BCUT2D eigenvalue weighted by Gasteiger charge is -2.16. The van der Waals surface area contributed by atoms with Crippen molar-refractivity contribution in [2.75, 3.05) is 6.54 Å². The third-order valence-electron chi connectivity index (χ3n) is 2.80. The van der Waals surface area contributed by atoms with E-state index in [1.165, 1.54) is 0 Å². The van der Waals surface area contributed by atoms with Gasteiger partial charge in [0.25, 0.3) is 0 Å². The Kier molecular flexibility index (Phi) is 5.48. The number of aromatic nitrogens is 1. The maximum absolute atomic E-state index is 6.21. The van der Waals surface area contributed by atoms with Crippen molar-refractivity contribution in [3.05, 3.63) is 49.3 Å². The standard InChI is InChI=1S/C13H13Cl3N2S/c1-8(17-5-4-11-18-6-7-19-11)9-2-3-10(14)13(16)12(9)15/h2-3,6-8,17H,4-5H2,1H3. The van der Waals surface area contributed by atoms with Gasteiger partial charge in [0.1, 0.15) is 0 Å². The van der Waals surface area contributed by atoms with Crippen molar-refractivity contribution in [2.24, 2.45) is 0 Å². The Morgan fingerprint density at radius 1 is 1.26 bits per heavy atom. The molecule has 0 aliphatic heterocycles. The van der Waals surface area contributed by atoms with Crippen LogP contribution in [-0.4, -0.2) is 11.5 Å². The Labute approximate surface area is 131 Å². The largest absolute Gasteiger partial charge is 0.310 e. The molecule has 2 nitrogen and oxygen atoms in total. The first-order valence-electron chi connectivity index (χ1n) is 5.84. The minimum atomic E-state index is 0.113. The second-order valence-corrected chi connectivity index (χ2v) is 6.26. The molecule has 1 aromatic carbocycles. The zero-order valence-corrected chi connectivity index (χ0v) is 13.4. The van der Waals surface area contributed by atoms with Gasteiger partial charge in [-0.2, -0.15) is 0 Å². The number of hydrogen-bond donors (Lipinski definition) is 1. The van der Waals surface area contributed by atoms with E-state index in [1.54, 1.807) is 17.4 Å². The lowest BCUT2D eigenvalue weighted by atomic mass is 10.1. The number of nitrogens with zero attached hydrogens (tertiary/aromatic N) is 1. The SMILES string of the molecule is CC(NCCc1nccs1)c1ccc(Cl)c(Cl)c1Cl. The highest BCUT2D eigenvalue weighted by Gasteiger charge is 2.13. The number of nitrogens with one attached hydrogen (secondary N) is 1. The van der Waals surface area contributed by atoms with E-state index in [1.807, 2.05) is 24.6 Å². The van der Waals surface area contributed by atoms with Gasteiger partial charge >= 0.3 is 0 Å². The molecular weight excluding hydrogens is 323 g/mol. The summed E-state index contributed by atoms with van der Waals surface area (Å²) in [6.07, 6.45) is 2.72. The molecule has 0 saturated heterocycles. The van der Waals surface area contributed by atoms with Crippen LogP contribution in [0.1, 0.15) is 23.5 Å². The van der Waals surface area contributed by atoms with Crippen LogP contribution in [0.2, 0.25) is 15.1 Å². The molecule has 0 bridgehead atoms. The zero-order valence-electron chi connectivity index (χ0n) is 10.3. The topological polar surface area (TPSA) is 24.9 Å². The van der Waals surface area contributed by atoms with E-state index >= 15 is 0 Å². The summed E-state index contributed by atoms with van der Waals surface area (Å²) >= 11 is 19.8. The van der Waals surface area contributed by atoms with E-state index in [9.17, 15) is 0 Å². The van der Waals surface area contributed by atoms with Crippen LogP contribution in [0.15, 0.2) is 23.7 Å². The van der Waals surface area contributed by atoms with Crippen molar-refractivity contribution in [1.82, 2.24) is 10.3 Å². The van der Waals surface area contributed by atoms with Crippen LogP contribution >= 0.6 is 46.1 Å². The van der Waals surface area contributed by atoms with Crippen molar-refractivity contribution in [1.29, 1.82) is 0 Å². The van der Waals surface area contributed by atoms with Crippen LogP contribution in [0.3, 0.4) is 0 Å². The van der Waals surface area contributed by atoms with E-state index in [0.29, 0.717) is 15.1 Å². The molecule has 102 valence electrons. The Balaban J connectivity index is 1.96. The highest BCUT2D eigenvalue weighted by Crippen LogP contribution is 2.35. The molecular formula is C13H13Cl3N2S. The highest BCUT2D eigenvalue weighted by atomic mass is 35.5. The molecule has 2 aromatic rings. The highest BCUT2D eigenvalue weighted by molar-refractivity contribution is 7.09. The summed E-state index contributed by atoms with van der Waals surface area (Å²) in [5, 5.41) is 7.92. The minimum absolute atomic E-state index is 0.113. The Hall–Kier alpha value is -0.320.